The summed E-state index contributed by atoms with van der Waals surface area (Å²) in [7, 11) is 0. The highest BCUT2D eigenvalue weighted by molar-refractivity contribution is 14.1. The first-order valence-corrected chi connectivity index (χ1v) is 10.4. The van der Waals surface area contributed by atoms with Crippen LogP contribution in [0.4, 0.5) is 0 Å². The normalized spacial score (nSPS) is 14.9. The lowest BCUT2D eigenvalue weighted by atomic mass is 10.2. The van der Waals surface area contributed by atoms with Crippen molar-refractivity contribution in [2.24, 2.45) is 4.99 Å². The number of halogens is 4. The SMILES string of the molecule is CC(=O)Oc1c(Br)cc(/C=C2\N=C(c3cc(I)ccc3Cl)OC2=O)cc1Br. The number of carbonyl (C=O) groups is 2. The van der Waals surface area contributed by atoms with Gasteiger partial charge in [-0.05, 0) is 96.4 Å². The third-order valence-electron chi connectivity index (χ3n) is 3.35. The van der Waals surface area contributed by atoms with E-state index in [4.69, 9.17) is 21.1 Å². The molecule has 0 saturated heterocycles. The fourth-order valence-electron chi connectivity index (χ4n) is 2.25. The Balaban J connectivity index is 1.97. The Morgan fingerprint density at radius 2 is 1.93 bits per heavy atom. The molecular formula is C18H9Br2ClINO4. The van der Waals surface area contributed by atoms with Gasteiger partial charge in [-0.15, -0.1) is 0 Å². The molecule has 1 heterocycles. The Labute approximate surface area is 190 Å². The average molecular weight is 625 g/mol. The van der Waals surface area contributed by atoms with Crippen LogP contribution < -0.4 is 4.74 Å². The molecule has 0 atom stereocenters. The molecule has 0 aromatic heterocycles. The first kappa shape index (κ1) is 20.5. The number of ether oxygens (including phenoxy) is 2. The monoisotopic (exact) mass is 623 g/mol. The maximum atomic E-state index is 12.2. The fraction of sp³-hybridized carbons (Fsp3) is 0.0556. The van der Waals surface area contributed by atoms with Gasteiger partial charge < -0.3 is 9.47 Å². The van der Waals surface area contributed by atoms with E-state index in [2.05, 4.69) is 59.4 Å². The fourth-order valence-corrected chi connectivity index (χ4v) is 4.32. The molecule has 138 valence electrons. The van der Waals surface area contributed by atoms with Crippen LogP contribution in [0.25, 0.3) is 6.08 Å². The number of hydrogen-bond acceptors (Lipinski definition) is 5. The van der Waals surface area contributed by atoms with Crippen molar-refractivity contribution in [3.05, 3.63) is 64.7 Å². The highest BCUT2D eigenvalue weighted by atomic mass is 127. The van der Waals surface area contributed by atoms with Crippen LogP contribution in [0.1, 0.15) is 18.1 Å². The van der Waals surface area contributed by atoms with E-state index < -0.39 is 11.9 Å². The number of rotatable bonds is 3. The maximum absolute atomic E-state index is 12.2. The van der Waals surface area contributed by atoms with Crippen LogP contribution >= 0.6 is 66.1 Å². The van der Waals surface area contributed by atoms with Gasteiger partial charge in [-0.3, -0.25) is 4.79 Å². The zero-order valence-corrected chi connectivity index (χ0v) is 19.6. The van der Waals surface area contributed by atoms with Crippen LogP contribution in [-0.2, 0) is 14.3 Å². The lowest BCUT2D eigenvalue weighted by Gasteiger charge is -2.08. The molecule has 2 aromatic carbocycles. The molecule has 3 rings (SSSR count). The Bertz CT molecular complexity index is 1010. The second-order valence-corrected chi connectivity index (χ2v) is 8.73. The molecule has 0 aliphatic carbocycles. The predicted molar refractivity (Wildman–Crippen MR) is 118 cm³/mol. The zero-order valence-electron chi connectivity index (χ0n) is 13.6. The minimum atomic E-state index is -0.573. The Hall–Kier alpha value is -1.23. The summed E-state index contributed by atoms with van der Waals surface area (Å²) in [5, 5.41) is 0.444. The Morgan fingerprint density at radius 1 is 1.26 bits per heavy atom. The first-order valence-electron chi connectivity index (χ1n) is 7.40. The van der Waals surface area contributed by atoms with E-state index >= 15 is 0 Å². The lowest BCUT2D eigenvalue weighted by molar-refractivity contribution is -0.132. The van der Waals surface area contributed by atoms with E-state index in [0.29, 0.717) is 30.8 Å². The summed E-state index contributed by atoms with van der Waals surface area (Å²) in [6.45, 7) is 1.31. The molecule has 0 spiro atoms. The van der Waals surface area contributed by atoms with Gasteiger partial charge >= 0.3 is 11.9 Å². The molecule has 27 heavy (non-hydrogen) atoms. The number of hydrogen-bond donors (Lipinski definition) is 0. The molecule has 1 aliphatic rings. The minimum absolute atomic E-state index is 0.138. The average Bonchev–Trinajstić information content (AvgIpc) is 2.93. The van der Waals surface area contributed by atoms with Crippen molar-refractivity contribution in [1.29, 1.82) is 0 Å². The summed E-state index contributed by atoms with van der Waals surface area (Å²) in [6.07, 6.45) is 1.57. The van der Waals surface area contributed by atoms with Gasteiger partial charge in [0.1, 0.15) is 0 Å². The van der Waals surface area contributed by atoms with Gasteiger partial charge in [0, 0.05) is 10.5 Å². The third-order valence-corrected chi connectivity index (χ3v) is 5.53. The molecule has 0 N–H and O–H groups in total. The molecule has 1 aliphatic heterocycles. The number of aliphatic imine (C=N–C) groups is 1. The van der Waals surface area contributed by atoms with Crippen molar-refractivity contribution in [3.8, 4) is 5.75 Å². The van der Waals surface area contributed by atoms with E-state index in [1.54, 1.807) is 30.3 Å². The Kier molecular flexibility index (Phi) is 6.39. The van der Waals surface area contributed by atoms with Crippen molar-refractivity contribution >= 4 is 90.0 Å². The van der Waals surface area contributed by atoms with Crippen LogP contribution in [-0.4, -0.2) is 17.8 Å². The van der Waals surface area contributed by atoms with Gasteiger partial charge in [-0.25, -0.2) is 9.79 Å². The second kappa shape index (κ2) is 8.42. The predicted octanol–water partition coefficient (Wildman–Crippen LogP) is 5.74. The number of cyclic esters (lactones) is 1. The molecule has 9 heteroatoms. The number of nitrogens with zero attached hydrogens (tertiary/aromatic N) is 1. The molecular weight excluding hydrogens is 616 g/mol. The topological polar surface area (TPSA) is 65.0 Å². The molecule has 0 unspecified atom stereocenters. The number of carbonyl (C=O) groups excluding carboxylic acids is 2. The summed E-state index contributed by atoms with van der Waals surface area (Å²) in [5.41, 5.74) is 1.35. The van der Waals surface area contributed by atoms with E-state index in [0.717, 1.165) is 3.57 Å². The molecule has 0 radical (unpaired) electrons. The number of benzene rings is 2. The zero-order chi connectivity index (χ0) is 19.7. The Morgan fingerprint density at radius 3 is 2.56 bits per heavy atom. The van der Waals surface area contributed by atoms with Gasteiger partial charge in [-0.2, -0.15) is 0 Å². The molecule has 5 nitrogen and oxygen atoms in total. The van der Waals surface area contributed by atoms with E-state index in [9.17, 15) is 9.59 Å². The smallest absolute Gasteiger partial charge is 0.363 e. The van der Waals surface area contributed by atoms with Crippen molar-refractivity contribution < 1.29 is 19.1 Å². The van der Waals surface area contributed by atoms with Crippen LogP contribution in [0.15, 0.2) is 50.0 Å². The quantitative estimate of drug-likeness (QED) is 0.189. The summed E-state index contributed by atoms with van der Waals surface area (Å²) >= 11 is 15.0. The molecule has 0 bridgehead atoms. The van der Waals surface area contributed by atoms with Crippen molar-refractivity contribution in [2.45, 2.75) is 6.92 Å². The summed E-state index contributed by atoms with van der Waals surface area (Å²) in [4.78, 5) is 27.6. The van der Waals surface area contributed by atoms with Gasteiger partial charge in [0.15, 0.2) is 11.4 Å². The third kappa shape index (κ3) is 4.79. The molecule has 0 fully saturated rings. The first-order chi connectivity index (χ1) is 12.7. The number of esters is 2. The second-order valence-electron chi connectivity index (χ2n) is 5.37. The van der Waals surface area contributed by atoms with Gasteiger partial charge in [0.05, 0.1) is 19.5 Å². The highest BCUT2D eigenvalue weighted by Crippen LogP contribution is 2.36. The molecule has 2 aromatic rings. The van der Waals surface area contributed by atoms with Crippen molar-refractivity contribution in [2.75, 3.05) is 0 Å². The van der Waals surface area contributed by atoms with E-state index in [-0.39, 0.29) is 11.6 Å². The maximum Gasteiger partial charge on any atom is 0.363 e. The van der Waals surface area contributed by atoms with Crippen LogP contribution in [0.5, 0.6) is 5.75 Å². The van der Waals surface area contributed by atoms with Crippen LogP contribution in [0.2, 0.25) is 5.02 Å². The lowest BCUT2D eigenvalue weighted by Crippen LogP contribution is -2.06. The van der Waals surface area contributed by atoms with Crippen LogP contribution in [0.3, 0.4) is 0 Å². The van der Waals surface area contributed by atoms with E-state index in [1.165, 1.54) is 6.92 Å². The van der Waals surface area contributed by atoms with Crippen molar-refractivity contribution in [3.63, 3.8) is 0 Å². The summed E-state index contributed by atoms with van der Waals surface area (Å²) in [5.74, 6) is -0.500. The molecule has 0 saturated carbocycles. The summed E-state index contributed by atoms with van der Waals surface area (Å²) < 4.78 is 12.4. The minimum Gasteiger partial charge on any atom is -0.424 e. The summed E-state index contributed by atoms with van der Waals surface area (Å²) in [6, 6.07) is 8.77. The van der Waals surface area contributed by atoms with Crippen molar-refractivity contribution in [1.82, 2.24) is 0 Å². The van der Waals surface area contributed by atoms with Gasteiger partial charge in [-0.1, -0.05) is 11.6 Å². The standard InChI is InChI=1S/C18H9Br2ClINO4/c1-8(24)26-16-12(19)4-9(5-13(16)20)6-15-18(25)27-17(23-15)11-7-10(22)2-3-14(11)21/h2-7H,1H3/b15-6-. The molecule has 0 amide bonds. The van der Waals surface area contributed by atoms with Gasteiger partial charge in [0.2, 0.25) is 5.90 Å². The van der Waals surface area contributed by atoms with Gasteiger partial charge in [0.25, 0.3) is 0 Å². The van der Waals surface area contributed by atoms with Crippen LogP contribution in [0, 0.1) is 3.57 Å². The van der Waals surface area contributed by atoms with E-state index in [1.807, 2.05) is 6.07 Å². The highest BCUT2D eigenvalue weighted by Gasteiger charge is 2.26. The largest absolute Gasteiger partial charge is 0.424 e.